The molecule has 1 aliphatic rings. The second-order valence-electron chi connectivity index (χ2n) is 6.82. The van der Waals surface area contributed by atoms with Crippen LogP contribution >= 0.6 is 0 Å². The second kappa shape index (κ2) is 6.96. The molecular weight excluding hydrogens is 359 g/mol. The Hall–Kier alpha value is -3.41. The number of para-hydroxylation sites is 1. The predicted octanol–water partition coefficient (Wildman–Crippen LogP) is 3.82. The van der Waals surface area contributed by atoms with Gasteiger partial charge in [0.25, 0.3) is 5.91 Å². The number of imide groups is 1. The molecule has 0 radical (unpaired) electrons. The third kappa shape index (κ3) is 2.97. The summed E-state index contributed by atoms with van der Waals surface area (Å²) in [6, 6.07) is 18.9. The van der Waals surface area contributed by atoms with Gasteiger partial charge < -0.3 is 10.1 Å². The monoisotopic (exact) mass is 378 g/mol. The van der Waals surface area contributed by atoms with Gasteiger partial charge in [-0.2, -0.15) is 0 Å². The minimum absolute atomic E-state index is 0.00567. The first-order valence-corrected chi connectivity index (χ1v) is 9.00. The van der Waals surface area contributed by atoms with Crippen LogP contribution in [0.4, 0.5) is 9.18 Å². The lowest BCUT2D eigenvalue weighted by Gasteiger charge is -2.24. The summed E-state index contributed by atoms with van der Waals surface area (Å²) in [6.45, 7) is 1.73. The van der Waals surface area contributed by atoms with Crippen molar-refractivity contribution in [3.63, 3.8) is 0 Å². The van der Waals surface area contributed by atoms with Crippen molar-refractivity contribution in [2.75, 3.05) is 13.2 Å². The van der Waals surface area contributed by atoms with Crippen LogP contribution in [0.3, 0.4) is 0 Å². The third-order valence-electron chi connectivity index (χ3n) is 5.01. The van der Waals surface area contributed by atoms with Gasteiger partial charge in [-0.1, -0.05) is 54.6 Å². The quantitative estimate of drug-likeness (QED) is 0.687. The van der Waals surface area contributed by atoms with E-state index in [4.69, 9.17) is 4.74 Å². The summed E-state index contributed by atoms with van der Waals surface area (Å²) >= 11 is 0. The number of benzene rings is 3. The fraction of sp³-hybridized carbons (Fsp3) is 0.182. The number of ether oxygens (including phenoxy) is 1. The van der Waals surface area contributed by atoms with Crippen LogP contribution in [0, 0.1) is 5.82 Å². The van der Waals surface area contributed by atoms with Crippen LogP contribution in [0.25, 0.3) is 10.8 Å². The first-order chi connectivity index (χ1) is 13.5. The number of nitrogens with zero attached hydrogens (tertiary/aromatic N) is 1. The SMILES string of the molecule is CC1(c2cccc3ccccc23)NC(=O)N(CCOc2ccccc2F)C1=O. The molecule has 1 aliphatic heterocycles. The number of halogens is 1. The van der Waals surface area contributed by atoms with Crippen molar-refractivity contribution in [1.29, 1.82) is 0 Å². The summed E-state index contributed by atoms with van der Waals surface area (Å²) in [5.41, 5.74) is -0.433. The topological polar surface area (TPSA) is 58.6 Å². The van der Waals surface area contributed by atoms with Crippen LogP contribution < -0.4 is 10.1 Å². The Morgan fingerprint density at radius 1 is 1.00 bits per heavy atom. The number of fused-ring (bicyclic) bond motifs is 1. The van der Waals surface area contributed by atoms with E-state index in [2.05, 4.69) is 5.32 Å². The van der Waals surface area contributed by atoms with Crippen molar-refractivity contribution in [1.82, 2.24) is 10.2 Å². The van der Waals surface area contributed by atoms with Gasteiger partial charge in [-0.3, -0.25) is 9.69 Å². The molecule has 1 atom stereocenters. The molecule has 1 N–H and O–H groups in total. The molecule has 3 aromatic carbocycles. The van der Waals surface area contributed by atoms with E-state index in [1.807, 2.05) is 42.5 Å². The average molecular weight is 378 g/mol. The normalized spacial score (nSPS) is 19.1. The highest BCUT2D eigenvalue weighted by atomic mass is 19.1. The molecule has 6 heteroatoms. The van der Waals surface area contributed by atoms with E-state index in [1.165, 1.54) is 12.1 Å². The van der Waals surface area contributed by atoms with Crippen LogP contribution in [-0.4, -0.2) is 30.0 Å². The summed E-state index contributed by atoms with van der Waals surface area (Å²) in [4.78, 5) is 26.7. The number of hydrogen-bond donors (Lipinski definition) is 1. The summed E-state index contributed by atoms with van der Waals surface area (Å²) in [5.74, 6) is -0.752. The van der Waals surface area contributed by atoms with E-state index in [-0.39, 0.29) is 24.8 Å². The Morgan fingerprint density at radius 3 is 2.54 bits per heavy atom. The number of rotatable bonds is 5. The summed E-state index contributed by atoms with van der Waals surface area (Å²) in [5, 5.41) is 4.70. The Kier molecular flexibility index (Phi) is 4.47. The molecule has 1 fully saturated rings. The minimum Gasteiger partial charge on any atom is -0.489 e. The number of carbonyl (C=O) groups excluding carboxylic acids is 2. The number of carbonyl (C=O) groups is 2. The maximum absolute atomic E-state index is 13.7. The number of nitrogens with one attached hydrogen (secondary N) is 1. The Balaban J connectivity index is 1.55. The molecule has 0 aromatic heterocycles. The Labute approximate surface area is 161 Å². The first-order valence-electron chi connectivity index (χ1n) is 9.00. The van der Waals surface area contributed by atoms with E-state index in [0.29, 0.717) is 0 Å². The van der Waals surface area contributed by atoms with Crippen LogP contribution in [-0.2, 0) is 10.3 Å². The zero-order valence-electron chi connectivity index (χ0n) is 15.3. The standard InChI is InChI=1S/C22H19FN2O3/c1-22(17-10-6-8-15-7-2-3-9-16(15)17)20(26)25(21(27)24-22)13-14-28-19-12-5-4-11-18(19)23/h2-12H,13-14H2,1H3,(H,24,27). The van der Waals surface area contributed by atoms with Crippen molar-refractivity contribution < 1.29 is 18.7 Å². The summed E-state index contributed by atoms with van der Waals surface area (Å²) in [6.07, 6.45) is 0. The Bertz CT molecular complexity index is 1060. The van der Waals surface area contributed by atoms with Gasteiger partial charge in [0, 0.05) is 0 Å². The van der Waals surface area contributed by atoms with Gasteiger partial charge in [0.15, 0.2) is 11.6 Å². The molecule has 0 bridgehead atoms. The smallest absolute Gasteiger partial charge is 0.325 e. The molecule has 3 aromatic rings. The van der Waals surface area contributed by atoms with Gasteiger partial charge in [-0.25, -0.2) is 9.18 Å². The van der Waals surface area contributed by atoms with E-state index >= 15 is 0 Å². The van der Waals surface area contributed by atoms with Crippen molar-refractivity contribution in [3.8, 4) is 5.75 Å². The van der Waals surface area contributed by atoms with E-state index in [9.17, 15) is 14.0 Å². The largest absolute Gasteiger partial charge is 0.489 e. The van der Waals surface area contributed by atoms with Gasteiger partial charge in [-0.15, -0.1) is 0 Å². The van der Waals surface area contributed by atoms with Gasteiger partial charge in [0.2, 0.25) is 0 Å². The van der Waals surface area contributed by atoms with Gasteiger partial charge in [-0.05, 0) is 35.4 Å². The molecule has 0 aliphatic carbocycles. The fourth-order valence-electron chi connectivity index (χ4n) is 3.55. The van der Waals surface area contributed by atoms with E-state index < -0.39 is 17.4 Å². The fourth-order valence-corrected chi connectivity index (χ4v) is 3.55. The molecule has 3 amide bonds. The van der Waals surface area contributed by atoms with Crippen molar-refractivity contribution in [3.05, 3.63) is 78.1 Å². The number of amides is 3. The Morgan fingerprint density at radius 2 is 1.71 bits per heavy atom. The van der Waals surface area contributed by atoms with Crippen LogP contribution in [0.2, 0.25) is 0 Å². The molecule has 0 saturated carbocycles. The van der Waals surface area contributed by atoms with Gasteiger partial charge in [0.05, 0.1) is 6.54 Å². The van der Waals surface area contributed by atoms with Gasteiger partial charge in [0.1, 0.15) is 12.1 Å². The molecule has 5 nitrogen and oxygen atoms in total. The molecule has 1 heterocycles. The lowest BCUT2D eigenvalue weighted by atomic mass is 9.88. The first kappa shape index (κ1) is 18.0. The minimum atomic E-state index is -1.17. The van der Waals surface area contributed by atoms with Crippen LogP contribution in [0.15, 0.2) is 66.7 Å². The zero-order valence-corrected chi connectivity index (χ0v) is 15.3. The summed E-state index contributed by atoms with van der Waals surface area (Å²) in [7, 11) is 0. The maximum atomic E-state index is 13.7. The number of urea groups is 1. The molecule has 28 heavy (non-hydrogen) atoms. The second-order valence-corrected chi connectivity index (χ2v) is 6.82. The lowest BCUT2D eigenvalue weighted by Crippen LogP contribution is -2.41. The molecule has 1 unspecified atom stereocenters. The van der Waals surface area contributed by atoms with E-state index in [1.54, 1.807) is 19.1 Å². The van der Waals surface area contributed by atoms with E-state index in [0.717, 1.165) is 21.2 Å². The van der Waals surface area contributed by atoms with Crippen molar-refractivity contribution in [2.45, 2.75) is 12.5 Å². The number of hydrogen-bond acceptors (Lipinski definition) is 3. The zero-order chi connectivity index (χ0) is 19.7. The molecular formula is C22H19FN2O3. The van der Waals surface area contributed by atoms with Crippen molar-refractivity contribution >= 4 is 22.7 Å². The highest BCUT2D eigenvalue weighted by Gasteiger charge is 2.49. The molecule has 4 rings (SSSR count). The van der Waals surface area contributed by atoms with Crippen molar-refractivity contribution in [2.24, 2.45) is 0 Å². The molecule has 1 saturated heterocycles. The molecule has 142 valence electrons. The maximum Gasteiger partial charge on any atom is 0.325 e. The van der Waals surface area contributed by atoms with Crippen LogP contribution in [0.5, 0.6) is 5.75 Å². The lowest BCUT2D eigenvalue weighted by molar-refractivity contribution is -0.131. The highest BCUT2D eigenvalue weighted by molar-refractivity contribution is 6.09. The van der Waals surface area contributed by atoms with Crippen LogP contribution in [0.1, 0.15) is 12.5 Å². The summed E-state index contributed by atoms with van der Waals surface area (Å²) < 4.78 is 19.0. The molecule has 0 spiro atoms. The predicted molar refractivity (Wildman–Crippen MR) is 103 cm³/mol. The highest BCUT2D eigenvalue weighted by Crippen LogP contribution is 2.33. The van der Waals surface area contributed by atoms with Gasteiger partial charge >= 0.3 is 6.03 Å². The average Bonchev–Trinajstić information content (AvgIpc) is 2.92. The third-order valence-corrected chi connectivity index (χ3v) is 5.01.